The molecule has 1 N–H and O–H groups in total. The van der Waals surface area contributed by atoms with E-state index in [1.54, 1.807) is 6.07 Å². The number of hydrogen-bond acceptors (Lipinski definition) is 3. The molecule has 0 aliphatic heterocycles. The standard InChI is InChI=1S/C20H22ClNO4/c1-13(2)14(3)22(16-9-10-18(21)17(11-16)19(23)24)20(25)26-12-15-7-5-4-6-8-15/h4-11,13-14H,12H2,1-3H3,(H,23,24). The number of amides is 1. The Labute approximate surface area is 158 Å². The van der Waals surface area contributed by atoms with E-state index in [2.05, 4.69) is 0 Å². The summed E-state index contributed by atoms with van der Waals surface area (Å²) < 4.78 is 5.45. The lowest BCUT2D eigenvalue weighted by Crippen LogP contribution is -2.42. The third kappa shape index (κ3) is 4.76. The van der Waals surface area contributed by atoms with Gasteiger partial charge in [-0.05, 0) is 36.6 Å². The van der Waals surface area contributed by atoms with Crippen molar-refractivity contribution in [2.45, 2.75) is 33.4 Å². The topological polar surface area (TPSA) is 66.8 Å². The van der Waals surface area contributed by atoms with E-state index in [-0.39, 0.29) is 29.2 Å². The molecule has 138 valence electrons. The molecule has 0 aromatic heterocycles. The molecular weight excluding hydrogens is 354 g/mol. The van der Waals surface area contributed by atoms with E-state index >= 15 is 0 Å². The van der Waals surface area contributed by atoms with Crippen molar-refractivity contribution in [2.24, 2.45) is 5.92 Å². The van der Waals surface area contributed by atoms with Crippen LogP contribution in [0.5, 0.6) is 0 Å². The molecule has 0 spiro atoms. The van der Waals surface area contributed by atoms with Gasteiger partial charge in [-0.1, -0.05) is 55.8 Å². The number of nitrogens with zero attached hydrogens (tertiary/aromatic N) is 1. The first-order chi connectivity index (χ1) is 12.3. The highest BCUT2D eigenvalue weighted by Gasteiger charge is 2.27. The van der Waals surface area contributed by atoms with Gasteiger partial charge in [-0.25, -0.2) is 9.59 Å². The number of carboxylic acid groups (broad SMARTS) is 1. The molecule has 26 heavy (non-hydrogen) atoms. The molecule has 0 fully saturated rings. The Morgan fingerprint density at radius 1 is 1.12 bits per heavy atom. The van der Waals surface area contributed by atoms with Crippen LogP contribution in [0, 0.1) is 5.92 Å². The summed E-state index contributed by atoms with van der Waals surface area (Å²) in [5.41, 5.74) is 1.26. The summed E-state index contributed by atoms with van der Waals surface area (Å²) in [6, 6.07) is 13.7. The van der Waals surface area contributed by atoms with Crippen LogP contribution >= 0.6 is 11.6 Å². The van der Waals surface area contributed by atoms with Crippen molar-refractivity contribution in [2.75, 3.05) is 4.90 Å². The van der Waals surface area contributed by atoms with E-state index < -0.39 is 12.1 Å². The van der Waals surface area contributed by atoms with Gasteiger partial charge in [0, 0.05) is 11.7 Å². The Balaban J connectivity index is 2.30. The quantitative estimate of drug-likeness (QED) is 0.751. The number of benzene rings is 2. The van der Waals surface area contributed by atoms with Crippen molar-refractivity contribution >= 4 is 29.4 Å². The second-order valence-corrected chi connectivity index (χ2v) is 6.77. The van der Waals surface area contributed by atoms with Crippen LogP contribution in [-0.2, 0) is 11.3 Å². The fraction of sp³-hybridized carbons (Fsp3) is 0.300. The first kappa shape index (κ1) is 19.8. The summed E-state index contributed by atoms with van der Waals surface area (Å²) >= 11 is 5.94. The molecule has 6 heteroatoms. The highest BCUT2D eigenvalue weighted by atomic mass is 35.5. The first-order valence-corrected chi connectivity index (χ1v) is 8.71. The molecule has 1 atom stereocenters. The van der Waals surface area contributed by atoms with E-state index in [4.69, 9.17) is 16.3 Å². The van der Waals surface area contributed by atoms with Gasteiger partial charge in [-0.3, -0.25) is 4.90 Å². The number of carboxylic acids is 1. The van der Waals surface area contributed by atoms with E-state index in [9.17, 15) is 14.7 Å². The Bertz CT molecular complexity index is 777. The average Bonchev–Trinajstić information content (AvgIpc) is 2.62. The Hall–Kier alpha value is -2.53. The Morgan fingerprint density at radius 2 is 1.77 bits per heavy atom. The number of anilines is 1. The van der Waals surface area contributed by atoms with Crippen molar-refractivity contribution in [3.05, 3.63) is 64.7 Å². The van der Waals surface area contributed by atoms with Crippen molar-refractivity contribution in [3.8, 4) is 0 Å². The minimum absolute atomic E-state index is 0.0546. The van der Waals surface area contributed by atoms with E-state index in [1.165, 1.54) is 17.0 Å². The predicted octanol–water partition coefficient (Wildman–Crippen LogP) is 5.23. The zero-order valence-electron chi connectivity index (χ0n) is 15.0. The van der Waals surface area contributed by atoms with E-state index in [0.29, 0.717) is 5.69 Å². The minimum atomic E-state index is -1.15. The zero-order chi connectivity index (χ0) is 19.3. The van der Waals surface area contributed by atoms with Crippen LogP contribution in [0.25, 0.3) is 0 Å². The summed E-state index contributed by atoms with van der Waals surface area (Å²) in [7, 11) is 0. The number of halogens is 1. The Morgan fingerprint density at radius 3 is 2.35 bits per heavy atom. The number of rotatable bonds is 6. The maximum atomic E-state index is 12.8. The number of ether oxygens (including phenoxy) is 1. The average molecular weight is 376 g/mol. The molecule has 0 radical (unpaired) electrons. The third-order valence-electron chi connectivity index (χ3n) is 4.23. The molecule has 2 rings (SSSR count). The van der Waals surface area contributed by atoms with Gasteiger partial charge < -0.3 is 9.84 Å². The van der Waals surface area contributed by atoms with Crippen LogP contribution in [0.2, 0.25) is 5.02 Å². The minimum Gasteiger partial charge on any atom is -0.478 e. The molecule has 5 nitrogen and oxygen atoms in total. The molecule has 0 bridgehead atoms. The number of aromatic carboxylic acids is 1. The highest BCUT2D eigenvalue weighted by molar-refractivity contribution is 6.33. The van der Waals surface area contributed by atoms with Gasteiger partial charge in [-0.15, -0.1) is 0 Å². The van der Waals surface area contributed by atoms with Crippen molar-refractivity contribution in [1.82, 2.24) is 0 Å². The van der Waals surface area contributed by atoms with Gasteiger partial charge in [0.05, 0.1) is 10.6 Å². The van der Waals surface area contributed by atoms with Gasteiger partial charge >= 0.3 is 12.1 Å². The smallest absolute Gasteiger partial charge is 0.414 e. The SMILES string of the molecule is CC(C)C(C)N(C(=O)OCc1ccccc1)c1ccc(Cl)c(C(=O)O)c1. The molecule has 1 amide bonds. The number of carbonyl (C=O) groups excluding carboxylic acids is 1. The first-order valence-electron chi connectivity index (χ1n) is 8.34. The molecule has 0 saturated carbocycles. The van der Waals surface area contributed by atoms with Crippen molar-refractivity contribution in [1.29, 1.82) is 0 Å². The molecular formula is C20H22ClNO4. The van der Waals surface area contributed by atoms with Crippen LogP contribution in [0.4, 0.5) is 10.5 Å². The molecule has 0 saturated heterocycles. The van der Waals surface area contributed by atoms with Crippen LogP contribution in [0.15, 0.2) is 48.5 Å². The normalized spacial score (nSPS) is 11.9. The summed E-state index contributed by atoms with van der Waals surface area (Å²) in [5.74, 6) is -1.00. The molecule has 0 aliphatic carbocycles. The summed E-state index contributed by atoms with van der Waals surface area (Å²) in [6.07, 6.45) is -0.534. The van der Waals surface area contributed by atoms with E-state index in [0.717, 1.165) is 5.56 Å². The summed E-state index contributed by atoms with van der Waals surface area (Å²) in [5, 5.41) is 9.41. The number of carbonyl (C=O) groups is 2. The molecule has 2 aromatic rings. The van der Waals surface area contributed by atoms with Gasteiger partial charge in [0.1, 0.15) is 6.61 Å². The van der Waals surface area contributed by atoms with Gasteiger partial charge in [0.25, 0.3) is 0 Å². The van der Waals surface area contributed by atoms with Crippen LogP contribution in [0.1, 0.15) is 36.7 Å². The van der Waals surface area contributed by atoms with E-state index in [1.807, 2.05) is 51.1 Å². The zero-order valence-corrected chi connectivity index (χ0v) is 15.7. The summed E-state index contributed by atoms with van der Waals surface area (Å²) in [4.78, 5) is 25.6. The van der Waals surface area contributed by atoms with Crippen LogP contribution in [0.3, 0.4) is 0 Å². The second kappa shape index (κ2) is 8.72. The van der Waals surface area contributed by atoms with Gasteiger partial charge in [0.2, 0.25) is 0 Å². The largest absolute Gasteiger partial charge is 0.478 e. The molecule has 0 heterocycles. The highest BCUT2D eigenvalue weighted by Crippen LogP contribution is 2.27. The number of hydrogen-bond donors (Lipinski definition) is 1. The van der Waals surface area contributed by atoms with Gasteiger partial charge in [0.15, 0.2) is 0 Å². The lowest BCUT2D eigenvalue weighted by molar-refractivity contribution is 0.0697. The lowest BCUT2D eigenvalue weighted by atomic mass is 10.0. The molecule has 1 unspecified atom stereocenters. The van der Waals surface area contributed by atoms with Crippen molar-refractivity contribution < 1.29 is 19.4 Å². The maximum absolute atomic E-state index is 12.8. The maximum Gasteiger partial charge on any atom is 0.414 e. The lowest BCUT2D eigenvalue weighted by Gasteiger charge is -2.31. The fourth-order valence-electron chi connectivity index (χ4n) is 2.42. The molecule has 0 aliphatic rings. The summed E-state index contributed by atoms with van der Waals surface area (Å²) in [6.45, 7) is 6.00. The fourth-order valence-corrected chi connectivity index (χ4v) is 2.62. The predicted molar refractivity (Wildman–Crippen MR) is 102 cm³/mol. The Kier molecular flexibility index (Phi) is 6.64. The molecule has 2 aromatic carbocycles. The monoisotopic (exact) mass is 375 g/mol. The van der Waals surface area contributed by atoms with Crippen LogP contribution < -0.4 is 4.90 Å². The van der Waals surface area contributed by atoms with Crippen LogP contribution in [-0.4, -0.2) is 23.2 Å². The second-order valence-electron chi connectivity index (χ2n) is 6.36. The van der Waals surface area contributed by atoms with Gasteiger partial charge in [-0.2, -0.15) is 0 Å². The third-order valence-corrected chi connectivity index (χ3v) is 4.56. The van der Waals surface area contributed by atoms with Crippen molar-refractivity contribution in [3.63, 3.8) is 0 Å².